The molecule has 0 aliphatic carbocycles. The van der Waals surface area contributed by atoms with E-state index in [2.05, 4.69) is 44.7 Å². The van der Waals surface area contributed by atoms with Gasteiger partial charge in [0.05, 0.1) is 0 Å². The summed E-state index contributed by atoms with van der Waals surface area (Å²) in [6.07, 6.45) is 0.764. The fourth-order valence-corrected chi connectivity index (χ4v) is 1.40. The van der Waals surface area contributed by atoms with Crippen LogP contribution in [-0.2, 0) is 6.42 Å². The van der Waals surface area contributed by atoms with Crippen LogP contribution in [0.25, 0.3) is 0 Å². The second-order valence-electron chi connectivity index (χ2n) is 3.59. The van der Waals surface area contributed by atoms with Gasteiger partial charge < -0.3 is 0 Å². The van der Waals surface area contributed by atoms with Gasteiger partial charge in [0.15, 0.2) is 0 Å². The van der Waals surface area contributed by atoms with Gasteiger partial charge >= 0.3 is 0 Å². The van der Waals surface area contributed by atoms with Gasteiger partial charge in [0.2, 0.25) is 0 Å². The molecular formula is C12H15Cl. The van der Waals surface area contributed by atoms with Crippen LogP contribution in [0.4, 0.5) is 0 Å². The van der Waals surface area contributed by atoms with Crippen LogP contribution in [0.2, 0.25) is 0 Å². The minimum atomic E-state index is 0.591. The Morgan fingerprint density at radius 1 is 1.31 bits per heavy atom. The molecule has 0 N–H and O–H groups in total. The van der Waals surface area contributed by atoms with E-state index in [-0.39, 0.29) is 0 Å². The lowest BCUT2D eigenvalue weighted by molar-refractivity contribution is 0.865. The molecule has 1 aromatic rings. The molecule has 70 valence electrons. The van der Waals surface area contributed by atoms with E-state index < -0.39 is 0 Å². The third-order valence-electron chi connectivity index (χ3n) is 2.04. The van der Waals surface area contributed by atoms with Crippen molar-refractivity contribution in [3.63, 3.8) is 0 Å². The average molecular weight is 195 g/mol. The zero-order valence-corrected chi connectivity index (χ0v) is 8.93. The van der Waals surface area contributed by atoms with Crippen molar-refractivity contribution in [1.29, 1.82) is 0 Å². The Kier molecular flexibility index (Phi) is 3.56. The lowest BCUT2D eigenvalue weighted by Crippen LogP contribution is -1.89. The zero-order valence-electron chi connectivity index (χ0n) is 8.18. The summed E-state index contributed by atoms with van der Waals surface area (Å²) in [4.78, 5) is 0. The predicted molar refractivity (Wildman–Crippen MR) is 59.2 cm³/mol. The third-order valence-corrected chi connectivity index (χ3v) is 2.18. The highest BCUT2D eigenvalue weighted by Gasteiger charge is 1.99. The number of halogens is 1. The molecule has 0 saturated heterocycles. The minimum Gasteiger partial charge on any atom is -0.0894 e. The fraction of sp³-hybridized carbons (Fsp3) is 0.333. The molecule has 0 bridgehead atoms. The molecule has 1 heteroatoms. The summed E-state index contributed by atoms with van der Waals surface area (Å²) in [5.74, 6) is 0.591. The molecule has 0 nitrogen and oxygen atoms in total. The van der Waals surface area contributed by atoms with E-state index in [0.717, 1.165) is 6.42 Å². The number of hydrogen-bond acceptors (Lipinski definition) is 0. The average Bonchev–Trinajstić information content (AvgIpc) is 2.04. The summed E-state index contributed by atoms with van der Waals surface area (Å²) in [6.45, 7) is 8.05. The van der Waals surface area contributed by atoms with Gasteiger partial charge in [-0.05, 0) is 17.0 Å². The molecule has 0 aliphatic heterocycles. The normalized spacial score (nSPS) is 10.5. The summed E-state index contributed by atoms with van der Waals surface area (Å²) < 4.78 is 0. The highest BCUT2D eigenvalue weighted by atomic mass is 35.5. The first-order valence-corrected chi connectivity index (χ1v) is 4.89. The molecule has 1 rings (SSSR count). The Bertz CT molecular complexity index is 282. The molecule has 0 fully saturated rings. The van der Waals surface area contributed by atoms with E-state index >= 15 is 0 Å². The molecule has 0 amide bonds. The van der Waals surface area contributed by atoms with Gasteiger partial charge in [-0.25, -0.2) is 0 Å². The third kappa shape index (κ3) is 3.23. The molecule has 0 aromatic heterocycles. The quantitative estimate of drug-likeness (QED) is 0.680. The zero-order chi connectivity index (χ0) is 9.84. The van der Waals surface area contributed by atoms with Gasteiger partial charge in [0, 0.05) is 11.5 Å². The largest absolute Gasteiger partial charge is 0.0894 e. The van der Waals surface area contributed by atoms with Crippen molar-refractivity contribution < 1.29 is 0 Å². The van der Waals surface area contributed by atoms with Gasteiger partial charge in [-0.15, -0.1) is 0 Å². The van der Waals surface area contributed by atoms with Crippen LogP contribution in [-0.4, -0.2) is 0 Å². The minimum absolute atomic E-state index is 0.591. The van der Waals surface area contributed by atoms with Crippen LogP contribution in [0.5, 0.6) is 0 Å². The first-order valence-electron chi connectivity index (χ1n) is 4.51. The number of allylic oxidation sites excluding steroid dienone is 1. The Balaban J connectivity index is 2.75. The lowest BCUT2D eigenvalue weighted by Gasteiger charge is -2.05. The highest BCUT2D eigenvalue weighted by Crippen LogP contribution is 2.16. The van der Waals surface area contributed by atoms with Crippen molar-refractivity contribution in [2.45, 2.75) is 26.2 Å². The maximum Gasteiger partial charge on any atom is 0.0153 e. The molecular weight excluding hydrogens is 180 g/mol. The van der Waals surface area contributed by atoms with E-state index in [0.29, 0.717) is 11.0 Å². The van der Waals surface area contributed by atoms with Crippen LogP contribution in [0.15, 0.2) is 35.9 Å². The molecule has 0 aliphatic rings. The molecule has 0 saturated carbocycles. The smallest absolute Gasteiger partial charge is 0.0153 e. The summed E-state index contributed by atoms with van der Waals surface area (Å²) in [5, 5.41) is 0.692. The van der Waals surface area contributed by atoms with Crippen molar-refractivity contribution in [2.75, 3.05) is 0 Å². The molecule has 0 atom stereocenters. The van der Waals surface area contributed by atoms with E-state index in [1.165, 1.54) is 11.1 Å². The Morgan fingerprint density at radius 3 is 2.23 bits per heavy atom. The molecule has 0 heterocycles. The van der Waals surface area contributed by atoms with Crippen LogP contribution in [0, 0.1) is 0 Å². The second-order valence-corrected chi connectivity index (χ2v) is 4.12. The van der Waals surface area contributed by atoms with E-state index in [9.17, 15) is 0 Å². The standard InChI is InChI=1S/C12H15Cl/c1-9(2)12-6-4-11(5-7-12)8-10(3)13/h4-7,9H,3,8H2,1-2H3. The summed E-state index contributed by atoms with van der Waals surface area (Å²) in [6, 6.07) is 8.53. The number of hydrogen-bond donors (Lipinski definition) is 0. The fourth-order valence-electron chi connectivity index (χ4n) is 1.24. The Hall–Kier alpha value is -0.750. The van der Waals surface area contributed by atoms with E-state index in [1.54, 1.807) is 0 Å². The van der Waals surface area contributed by atoms with Crippen molar-refractivity contribution in [2.24, 2.45) is 0 Å². The number of rotatable bonds is 3. The second kappa shape index (κ2) is 4.48. The van der Waals surface area contributed by atoms with Gasteiger partial charge in [-0.1, -0.05) is 56.3 Å². The molecule has 0 unspecified atom stereocenters. The van der Waals surface area contributed by atoms with Crippen molar-refractivity contribution in [1.82, 2.24) is 0 Å². The van der Waals surface area contributed by atoms with E-state index in [4.69, 9.17) is 11.6 Å². The molecule has 0 spiro atoms. The first-order chi connectivity index (χ1) is 6.09. The monoisotopic (exact) mass is 194 g/mol. The molecule has 0 radical (unpaired) electrons. The molecule has 13 heavy (non-hydrogen) atoms. The maximum atomic E-state index is 5.72. The predicted octanol–water partition coefficient (Wildman–Crippen LogP) is 4.11. The van der Waals surface area contributed by atoms with Crippen molar-refractivity contribution in [3.8, 4) is 0 Å². The molecule has 1 aromatic carbocycles. The lowest BCUT2D eigenvalue weighted by atomic mass is 10.0. The van der Waals surface area contributed by atoms with Crippen LogP contribution < -0.4 is 0 Å². The summed E-state index contributed by atoms with van der Waals surface area (Å²) in [7, 11) is 0. The summed E-state index contributed by atoms with van der Waals surface area (Å²) >= 11 is 5.72. The Labute approximate surface area is 85.2 Å². The van der Waals surface area contributed by atoms with Gasteiger partial charge in [-0.3, -0.25) is 0 Å². The number of benzene rings is 1. The van der Waals surface area contributed by atoms with Gasteiger partial charge in [0.25, 0.3) is 0 Å². The van der Waals surface area contributed by atoms with Crippen molar-refractivity contribution in [3.05, 3.63) is 47.0 Å². The topological polar surface area (TPSA) is 0 Å². The SMILES string of the molecule is C=C(Cl)Cc1ccc(C(C)C)cc1. The van der Waals surface area contributed by atoms with Crippen LogP contribution >= 0.6 is 11.6 Å². The van der Waals surface area contributed by atoms with Crippen LogP contribution in [0.1, 0.15) is 30.9 Å². The highest BCUT2D eigenvalue weighted by molar-refractivity contribution is 6.29. The van der Waals surface area contributed by atoms with E-state index in [1.807, 2.05) is 0 Å². The Morgan fingerprint density at radius 2 is 1.85 bits per heavy atom. The summed E-state index contributed by atoms with van der Waals surface area (Å²) in [5.41, 5.74) is 2.59. The van der Waals surface area contributed by atoms with Gasteiger partial charge in [0.1, 0.15) is 0 Å². The first kappa shape index (κ1) is 10.3. The van der Waals surface area contributed by atoms with Crippen LogP contribution in [0.3, 0.4) is 0 Å². The maximum absolute atomic E-state index is 5.72. The van der Waals surface area contributed by atoms with Crippen molar-refractivity contribution >= 4 is 11.6 Å². The van der Waals surface area contributed by atoms with Gasteiger partial charge in [-0.2, -0.15) is 0 Å².